The molecule has 1 aromatic carbocycles. The third kappa shape index (κ3) is 3.67. The monoisotopic (exact) mass is 289 g/mol. The number of hydrogen-bond donors (Lipinski definition) is 1. The summed E-state index contributed by atoms with van der Waals surface area (Å²) >= 11 is 0. The van der Waals surface area contributed by atoms with Crippen LogP contribution in [-0.2, 0) is 4.79 Å². The maximum absolute atomic E-state index is 11.9. The molecular weight excluding hydrogens is 266 g/mol. The van der Waals surface area contributed by atoms with E-state index in [1.54, 1.807) is 0 Å². The van der Waals surface area contributed by atoms with Crippen molar-refractivity contribution < 1.29 is 9.53 Å². The molecule has 0 radical (unpaired) electrons. The van der Waals surface area contributed by atoms with Crippen molar-refractivity contribution in [3.8, 4) is 5.75 Å². The van der Waals surface area contributed by atoms with Gasteiger partial charge in [0.2, 0.25) is 0 Å². The summed E-state index contributed by atoms with van der Waals surface area (Å²) in [5, 5.41) is 3.35. The SMILES string of the molecule is O=C(COc1ccc(N2CCNCC2)cc1)N1CCCC1. The van der Waals surface area contributed by atoms with Crippen LogP contribution >= 0.6 is 0 Å². The van der Waals surface area contributed by atoms with Gasteiger partial charge in [-0.15, -0.1) is 0 Å². The number of anilines is 1. The maximum atomic E-state index is 11.9. The van der Waals surface area contributed by atoms with Gasteiger partial charge in [0.05, 0.1) is 0 Å². The summed E-state index contributed by atoms with van der Waals surface area (Å²) in [6, 6.07) is 8.05. The molecule has 1 amide bonds. The lowest BCUT2D eigenvalue weighted by Crippen LogP contribution is -2.43. The Morgan fingerprint density at radius 2 is 1.71 bits per heavy atom. The second-order valence-corrected chi connectivity index (χ2v) is 5.61. The van der Waals surface area contributed by atoms with Crippen LogP contribution in [0.5, 0.6) is 5.75 Å². The predicted molar refractivity (Wildman–Crippen MR) is 82.8 cm³/mol. The van der Waals surface area contributed by atoms with Crippen LogP contribution in [0.3, 0.4) is 0 Å². The molecule has 0 saturated carbocycles. The summed E-state index contributed by atoms with van der Waals surface area (Å²) in [6.45, 7) is 6.04. The number of rotatable bonds is 4. The Kier molecular flexibility index (Phi) is 4.60. The van der Waals surface area contributed by atoms with Gasteiger partial charge in [-0.05, 0) is 37.1 Å². The van der Waals surface area contributed by atoms with Crippen LogP contribution in [0.4, 0.5) is 5.69 Å². The highest BCUT2D eigenvalue weighted by Crippen LogP contribution is 2.20. The maximum Gasteiger partial charge on any atom is 0.260 e. The van der Waals surface area contributed by atoms with Crippen LogP contribution < -0.4 is 15.0 Å². The van der Waals surface area contributed by atoms with E-state index in [9.17, 15) is 4.79 Å². The molecule has 1 aromatic rings. The van der Waals surface area contributed by atoms with Gasteiger partial charge < -0.3 is 19.9 Å². The van der Waals surface area contributed by atoms with E-state index in [2.05, 4.69) is 22.3 Å². The topological polar surface area (TPSA) is 44.8 Å². The van der Waals surface area contributed by atoms with E-state index < -0.39 is 0 Å². The zero-order valence-electron chi connectivity index (χ0n) is 12.4. The molecule has 21 heavy (non-hydrogen) atoms. The van der Waals surface area contributed by atoms with Crippen molar-refractivity contribution in [1.82, 2.24) is 10.2 Å². The molecule has 2 aliphatic heterocycles. The fraction of sp³-hybridized carbons (Fsp3) is 0.562. The van der Waals surface area contributed by atoms with Gasteiger partial charge in [-0.1, -0.05) is 0 Å². The molecule has 2 saturated heterocycles. The van der Waals surface area contributed by atoms with Crippen LogP contribution in [0.1, 0.15) is 12.8 Å². The third-order valence-corrected chi connectivity index (χ3v) is 4.14. The van der Waals surface area contributed by atoms with Crippen molar-refractivity contribution in [3.05, 3.63) is 24.3 Å². The first-order valence-corrected chi connectivity index (χ1v) is 7.79. The predicted octanol–water partition coefficient (Wildman–Crippen LogP) is 1.10. The number of benzene rings is 1. The minimum Gasteiger partial charge on any atom is -0.484 e. The Hall–Kier alpha value is -1.75. The zero-order valence-corrected chi connectivity index (χ0v) is 12.4. The van der Waals surface area contributed by atoms with E-state index >= 15 is 0 Å². The van der Waals surface area contributed by atoms with E-state index in [4.69, 9.17) is 4.74 Å². The summed E-state index contributed by atoms with van der Waals surface area (Å²) in [6.07, 6.45) is 2.23. The number of hydrogen-bond acceptors (Lipinski definition) is 4. The van der Waals surface area contributed by atoms with Crippen molar-refractivity contribution in [2.45, 2.75) is 12.8 Å². The number of piperazine rings is 1. The number of carbonyl (C=O) groups is 1. The molecule has 3 rings (SSSR count). The normalized spacial score (nSPS) is 18.9. The van der Waals surface area contributed by atoms with Crippen molar-refractivity contribution in [2.75, 3.05) is 50.8 Å². The third-order valence-electron chi connectivity index (χ3n) is 4.14. The lowest BCUT2D eigenvalue weighted by molar-refractivity contribution is -0.132. The quantitative estimate of drug-likeness (QED) is 0.901. The molecule has 2 fully saturated rings. The number of amides is 1. The second kappa shape index (κ2) is 6.80. The smallest absolute Gasteiger partial charge is 0.260 e. The van der Waals surface area contributed by atoms with Crippen LogP contribution in [-0.4, -0.2) is 56.7 Å². The molecule has 5 heteroatoms. The summed E-state index contributed by atoms with van der Waals surface area (Å²) in [5.74, 6) is 0.861. The molecule has 0 bridgehead atoms. The number of nitrogens with one attached hydrogen (secondary N) is 1. The fourth-order valence-corrected chi connectivity index (χ4v) is 2.88. The van der Waals surface area contributed by atoms with Gasteiger partial charge in [-0.25, -0.2) is 0 Å². The van der Waals surface area contributed by atoms with Crippen molar-refractivity contribution in [1.29, 1.82) is 0 Å². The molecule has 0 unspecified atom stereocenters. The Balaban J connectivity index is 1.50. The van der Waals surface area contributed by atoms with Crippen molar-refractivity contribution in [2.24, 2.45) is 0 Å². The highest BCUT2D eigenvalue weighted by molar-refractivity contribution is 5.78. The van der Waals surface area contributed by atoms with Gasteiger partial charge in [0, 0.05) is 45.0 Å². The lowest BCUT2D eigenvalue weighted by atomic mass is 10.2. The molecule has 0 aliphatic carbocycles. The molecule has 0 aromatic heterocycles. The number of ether oxygens (including phenoxy) is 1. The summed E-state index contributed by atoms with van der Waals surface area (Å²) in [5.41, 5.74) is 1.22. The van der Waals surface area contributed by atoms with E-state index in [1.807, 2.05) is 17.0 Å². The Bertz CT molecular complexity index is 463. The Morgan fingerprint density at radius 3 is 2.38 bits per heavy atom. The van der Waals surface area contributed by atoms with Crippen molar-refractivity contribution in [3.63, 3.8) is 0 Å². The van der Waals surface area contributed by atoms with Crippen LogP contribution in [0.2, 0.25) is 0 Å². The molecule has 1 N–H and O–H groups in total. The first kappa shape index (κ1) is 14.2. The van der Waals surface area contributed by atoms with Crippen molar-refractivity contribution >= 4 is 11.6 Å². The molecule has 5 nitrogen and oxygen atoms in total. The average Bonchev–Trinajstić information content (AvgIpc) is 3.08. The largest absolute Gasteiger partial charge is 0.484 e. The van der Waals surface area contributed by atoms with E-state index in [0.29, 0.717) is 0 Å². The highest BCUT2D eigenvalue weighted by Gasteiger charge is 2.18. The van der Waals surface area contributed by atoms with Gasteiger partial charge in [0.15, 0.2) is 6.61 Å². The van der Waals surface area contributed by atoms with Crippen LogP contribution in [0.25, 0.3) is 0 Å². The molecule has 2 aliphatic rings. The summed E-state index contributed by atoms with van der Waals surface area (Å²) in [7, 11) is 0. The first-order chi connectivity index (χ1) is 10.3. The molecular formula is C16H23N3O2. The minimum absolute atomic E-state index is 0.0960. The summed E-state index contributed by atoms with van der Waals surface area (Å²) in [4.78, 5) is 16.2. The van der Waals surface area contributed by atoms with Gasteiger partial charge in [0.1, 0.15) is 5.75 Å². The highest BCUT2D eigenvalue weighted by atomic mass is 16.5. The zero-order chi connectivity index (χ0) is 14.5. The Morgan fingerprint density at radius 1 is 1.05 bits per heavy atom. The molecule has 2 heterocycles. The minimum atomic E-state index is 0.0960. The van der Waals surface area contributed by atoms with E-state index in [-0.39, 0.29) is 12.5 Å². The number of likely N-dealkylation sites (tertiary alicyclic amines) is 1. The Labute approximate surface area is 125 Å². The lowest BCUT2D eigenvalue weighted by Gasteiger charge is -2.29. The average molecular weight is 289 g/mol. The number of nitrogens with zero attached hydrogens (tertiary/aromatic N) is 2. The molecule has 0 spiro atoms. The van der Waals surface area contributed by atoms with E-state index in [0.717, 1.165) is 57.9 Å². The van der Waals surface area contributed by atoms with Gasteiger partial charge in [0.25, 0.3) is 5.91 Å². The van der Waals surface area contributed by atoms with Crippen LogP contribution in [0.15, 0.2) is 24.3 Å². The fourth-order valence-electron chi connectivity index (χ4n) is 2.88. The molecule has 114 valence electrons. The van der Waals surface area contributed by atoms with Gasteiger partial charge in [-0.3, -0.25) is 4.79 Å². The molecule has 0 atom stereocenters. The first-order valence-electron chi connectivity index (χ1n) is 7.79. The second-order valence-electron chi connectivity index (χ2n) is 5.61. The standard InChI is InChI=1S/C16H23N3O2/c20-16(19-9-1-2-10-19)13-21-15-5-3-14(4-6-15)18-11-7-17-8-12-18/h3-6,17H,1-2,7-13H2. The van der Waals surface area contributed by atoms with E-state index in [1.165, 1.54) is 5.69 Å². The summed E-state index contributed by atoms with van der Waals surface area (Å²) < 4.78 is 5.60. The van der Waals surface area contributed by atoms with Gasteiger partial charge in [-0.2, -0.15) is 0 Å². The van der Waals surface area contributed by atoms with Gasteiger partial charge >= 0.3 is 0 Å². The number of carbonyl (C=O) groups excluding carboxylic acids is 1. The van der Waals surface area contributed by atoms with Crippen LogP contribution in [0, 0.1) is 0 Å².